The number of hydrogen-bond donors (Lipinski definition) is 1. The lowest BCUT2D eigenvalue weighted by molar-refractivity contribution is -0.122. The van der Waals surface area contributed by atoms with Gasteiger partial charge in [-0.05, 0) is 49.2 Å². The fourth-order valence-electron chi connectivity index (χ4n) is 3.85. The zero-order valence-corrected chi connectivity index (χ0v) is 16.8. The summed E-state index contributed by atoms with van der Waals surface area (Å²) in [5.41, 5.74) is 2.30. The number of nitrogens with zero attached hydrogens (tertiary/aromatic N) is 3. The van der Waals surface area contributed by atoms with Crippen LogP contribution in [0.15, 0.2) is 42.6 Å². The lowest BCUT2D eigenvalue weighted by Crippen LogP contribution is -2.46. The van der Waals surface area contributed by atoms with Crippen LogP contribution in [0.2, 0.25) is 0 Å². The highest BCUT2D eigenvalue weighted by Crippen LogP contribution is 2.23. The molecule has 3 heterocycles. The second kappa shape index (κ2) is 9.13. The van der Waals surface area contributed by atoms with Crippen LogP contribution in [-0.2, 0) is 9.53 Å². The number of methoxy groups -OCH3 is 1. The van der Waals surface area contributed by atoms with Gasteiger partial charge in [0.1, 0.15) is 11.6 Å². The molecule has 1 amide bonds. The summed E-state index contributed by atoms with van der Waals surface area (Å²) in [6.45, 7) is 5.09. The first-order chi connectivity index (χ1) is 14.2. The molecule has 0 spiro atoms. The standard InChI is InChI=1S/C22H28N4O3/c1-28-20-5-2-18(3-6-20)25-10-12-26(13-11-25)19-4-7-21(23-16-19)24-22(27)17-8-14-29-15-9-17/h2-7,16-17H,8-15H2,1H3,(H,23,24,27). The van der Waals surface area contributed by atoms with Crippen molar-refractivity contribution < 1.29 is 14.3 Å². The molecule has 1 aromatic heterocycles. The van der Waals surface area contributed by atoms with E-state index in [9.17, 15) is 4.79 Å². The molecule has 0 aliphatic carbocycles. The molecule has 1 aromatic carbocycles. The molecule has 7 heteroatoms. The van der Waals surface area contributed by atoms with Crippen LogP contribution in [0.3, 0.4) is 0 Å². The smallest absolute Gasteiger partial charge is 0.228 e. The van der Waals surface area contributed by atoms with E-state index in [4.69, 9.17) is 9.47 Å². The highest BCUT2D eigenvalue weighted by Gasteiger charge is 2.22. The maximum atomic E-state index is 12.3. The molecule has 2 aliphatic rings. The Morgan fingerprint density at radius 2 is 1.62 bits per heavy atom. The number of piperazine rings is 1. The van der Waals surface area contributed by atoms with E-state index in [1.807, 2.05) is 30.5 Å². The molecule has 0 radical (unpaired) electrons. The number of carbonyl (C=O) groups excluding carboxylic acids is 1. The summed E-state index contributed by atoms with van der Waals surface area (Å²) < 4.78 is 10.6. The Balaban J connectivity index is 1.30. The summed E-state index contributed by atoms with van der Waals surface area (Å²) in [6, 6.07) is 12.1. The Hall–Kier alpha value is -2.80. The average molecular weight is 396 g/mol. The van der Waals surface area contributed by atoms with Gasteiger partial charge in [-0.15, -0.1) is 0 Å². The van der Waals surface area contributed by atoms with Gasteiger partial charge >= 0.3 is 0 Å². The third-order valence-corrected chi connectivity index (χ3v) is 5.67. The molecular weight excluding hydrogens is 368 g/mol. The van der Waals surface area contributed by atoms with E-state index in [0.717, 1.165) is 50.5 Å². The first kappa shape index (κ1) is 19.5. The number of anilines is 3. The first-order valence-corrected chi connectivity index (χ1v) is 10.2. The van der Waals surface area contributed by atoms with Gasteiger partial charge < -0.3 is 24.6 Å². The van der Waals surface area contributed by atoms with Crippen molar-refractivity contribution >= 4 is 23.1 Å². The second-order valence-corrected chi connectivity index (χ2v) is 7.45. The number of nitrogens with one attached hydrogen (secondary N) is 1. The molecular formula is C22H28N4O3. The number of rotatable bonds is 5. The van der Waals surface area contributed by atoms with Crippen molar-refractivity contribution in [2.45, 2.75) is 12.8 Å². The molecule has 7 nitrogen and oxygen atoms in total. The summed E-state index contributed by atoms with van der Waals surface area (Å²) in [5, 5.41) is 2.94. The molecule has 2 aromatic rings. The van der Waals surface area contributed by atoms with Crippen molar-refractivity contribution in [2.24, 2.45) is 5.92 Å². The van der Waals surface area contributed by atoms with E-state index < -0.39 is 0 Å². The van der Waals surface area contributed by atoms with Crippen LogP contribution < -0.4 is 19.9 Å². The van der Waals surface area contributed by atoms with Gasteiger partial charge in [-0.1, -0.05) is 0 Å². The van der Waals surface area contributed by atoms with Gasteiger partial charge in [0.25, 0.3) is 0 Å². The van der Waals surface area contributed by atoms with Gasteiger partial charge in [0.15, 0.2) is 0 Å². The van der Waals surface area contributed by atoms with Crippen LogP contribution >= 0.6 is 0 Å². The molecule has 0 saturated carbocycles. The predicted molar refractivity (Wildman–Crippen MR) is 114 cm³/mol. The maximum Gasteiger partial charge on any atom is 0.228 e. The summed E-state index contributed by atoms with van der Waals surface area (Å²) in [6.07, 6.45) is 3.41. The quantitative estimate of drug-likeness (QED) is 0.838. The molecule has 2 fully saturated rings. The summed E-state index contributed by atoms with van der Waals surface area (Å²) >= 11 is 0. The largest absolute Gasteiger partial charge is 0.497 e. The second-order valence-electron chi connectivity index (χ2n) is 7.45. The van der Waals surface area contributed by atoms with Crippen LogP contribution in [0.25, 0.3) is 0 Å². The number of pyridine rings is 1. The average Bonchev–Trinajstić information content (AvgIpc) is 2.80. The molecule has 2 saturated heterocycles. The van der Waals surface area contributed by atoms with E-state index in [-0.39, 0.29) is 11.8 Å². The minimum Gasteiger partial charge on any atom is -0.497 e. The fourth-order valence-corrected chi connectivity index (χ4v) is 3.85. The van der Waals surface area contributed by atoms with Crippen molar-refractivity contribution in [3.8, 4) is 5.75 Å². The van der Waals surface area contributed by atoms with Gasteiger partial charge in [-0.3, -0.25) is 4.79 Å². The minimum absolute atomic E-state index is 0.0243. The summed E-state index contributed by atoms with van der Waals surface area (Å²) in [7, 11) is 1.68. The van der Waals surface area contributed by atoms with Crippen LogP contribution in [0.5, 0.6) is 5.75 Å². The number of carbonyl (C=O) groups is 1. The SMILES string of the molecule is COc1ccc(N2CCN(c3ccc(NC(=O)C4CCOCC4)nc3)CC2)cc1. The lowest BCUT2D eigenvalue weighted by Gasteiger charge is -2.37. The lowest BCUT2D eigenvalue weighted by atomic mass is 9.99. The Bertz CT molecular complexity index is 796. The molecule has 0 bridgehead atoms. The highest BCUT2D eigenvalue weighted by atomic mass is 16.5. The molecule has 4 rings (SSSR count). The minimum atomic E-state index is 0.0243. The van der Waals surface area contributed by atoms with Crippen LogP contribution in [-0.4, -0.2) is 57.4 Å². The van der Waals surface area contributed by atoms with Crippen molar-refractivity contribution in [1.82, 2.24) is 4.98 Å². The fraction of sp³-hybridized carbons (Fsp3) is 0.455. The molecule has 0 atom stereocenters. The van der Waals surface area contributed by atoms with Crippen molar-refractivity contribution in [3.63, 3.8) is 0 Å². The monoisotopic (exact) mass is 396 g/mol. The van der Waals surface area contributed by atoms with Gasteiger partial charge in [0.05, 0.1) is 19.0 Å². The zero-order chi connectivity index (χ0) is 20.1. The molecule has 154 valence electrons. The zero-order valence-electron chi connectivity index (χ0n) is 16.8. The van der Waals surface area contributed by atoms with Gasteiger partial charge in [-0.2, -0.15) is 0 Å². The van der Waals surface area contributed by atoms with E-state index in [1.54, 1.807) is 7.11 Å². The number of amides is 1. The summed E-state index contributed by atoms with van der Waals surface area (Å²) in [4.78, 5) is 21.5. The van der Waals surface area contributed by atoms with Crippen molar-refractivity contribution in [3.05, 3.63) is 42.6 Å². The van der Waals surface area contributed by atoms with Gasteiger partial charge in [0, 0.05) is 51.0 Å². The van der Waals surface area contributed by atoms with E-state index in [0.29, 0.717) is 19.0 Å². The summed E-state index contributed by atoms with van der Waals surface area (Å²) in [5.74, 6) is 1.56. The third kappa shape index (κ3) is 4.79. The van der Waals surface area contributed by atoms with E-state index >= 15 is 0 Å². The van der Waals surface area contributed by atoms with Gasteiger partial charge in [-0.25, -0.2) is 4.98 Å². The van der Waals surface area contributed by atoms with Gasteiger partial charge in [0.2, 0.25) is 5.91 Å². The maximum absolute atomic E-state index is 12.3. The van der Waals surface area contributed by atoms with E-state index in [1.165, 1.54) is 5.69 Å². The Morgan fingerprint density at radius 3 is 2.21 bits per heavy atom. The third-order valence-electron chi connectivity index (χ3n) is 5.67. The molecule has 1 N–H and O–H groups in total. The Morgan fingerprint density at radius 1 is 1.00 bits per heavy atom. The van der Waals surface area contributed by atoms with Crippen LogP contribution in [0.1, 0.15) is 12.8 Å². The Kier molecular flexibility index (Phi) is 6.14. The molecule has 0 unspecified atom stereocenters. The number of aromatic nitrogens is 1. The highest BCUT2D eigenvalue weighted by molar-refractivity contribution is 5.91. The number of benzene rings is 1. The van der Waals surface area contributed by atoms with Crippen LogP contribution in [0.4, 0.5) is 17.2 Å². The number of ether oxygens (including phenoxy) is 2. The predicted octanol–water partition coefficient (Wildman–Crippen LogP) is 2.78. The normalized spacial score (nSPS) is 17.8. The van der Waals surface area contributed by atoms with Crippen LogP contribution in [0, 0.1) is 5.92 Å². The van der Waals surface area contributed by atoms with E-state index in [2.05, 4.69) is 32.2 Å². The molecule has 2 aliphatic heterocycles. The van der Waals surface area contributed by atoms with Crippen molar-refractivity contribution in [2.75, 3.05) is 61.6 Å². The Labute approximate surface area is 171 Å². The molecule has 29 heavy (non-hydrogen) atoms. The van der Waals surface area contributed by atoms with Crippen molar-refractivity contribution in [1.29, 1.82) is 0 Å². The number of hydrogen-bond acceptors (Lipinski definition) is 6. The topological polar surface area (TPSA) is 66.9 Å². The first-order valence-electron chi connectivity index (χ1n) is 10.2.